The Hall–Kier alpha value is -6.19. The van der Waals surface area contributed by atoms with Gasteiger partial charge in [-0.15, -0.1) is 0 Å². The largest absolute Gasteiger partial charge is 0.264 e. The van der Waals surface area contributed by atoms with Crippen molar-refractivity contribution in [1.29, 1.82) is 0 Å². The summed E-state index contributed by atoms with van der Waals surface area (Å²) in [7, 11) is 0. The van der Waals surface area contributed by atoms with Crippen LogP contribution in [0.15, 0.2) is 176 Å². The van der Waals surface area contributed by atoms with Crippen LogP contribution in [0.2, 0.25) is 0 Å². The van der Waals surface area contributed by atoms with Crippen LogP contribution in [0.4, 0.5) is 0 Å². The van der Waals surface area contributed by atoms with E-state index in [9.17, 15) is 0 Å². The highest BCUT2D eigenvalue weighted by Gasteiger charge is 2.14. The topological polar surface area (TPSA) is 38.7 Å². The molecule has 46 heavy (non-hydrogen) atoms. The van der Waals surface area contributed by atoms with Crippen LogP contribution >= 0.6 is 0 Å². The van der Waals surface area contributed by atoms with Gasteiger partial charge in [-0.25, -0.2) is 9.97 Å². The summed E-state index contributed by atoms with van der Waals surface area (Å²) < 4.78 is 0. The van der Waals surface area contributed by atoms with Gasteiger partial charge < -0.3 is 0 Å². The van der Waals surface area contributed by atoms with Crippen LogP contribution in [-0.2, 0) is 0 Å². The van der Waals surface area contributed by atoms with E-state index in [1.165, 1.54) is 21.9 Å². The van der Waals surface area contributed by atoms with E-state index in [1.54, 1.807) is 0 Å². The van der Waals surface area contributed by atoms with Gasteiger partial charge in [0.15, 0.2) is 5.82 Å². The highest BCUT2D eigenvalue weighted by molar-refractivity contribution is 5.89. The van der Waals surface area contributed by atoms with Crippen molar-refractivity contribution in [3.8, 4) is 67.3 Å². The molecule has 0 saturated carbocycles. The van der Waals surface area contributed by atoms with E-state index in [-0.39, 0.29) is 0 Å². The van der Waals surface area contributed by atoms with Gasteiger partial charge in [0.2, 0.25) is 0 Å². The fourth-order valence-corrected chi connectivity index (χ4v) is 5.93. The molecule has 0 fully saturated rings. The number of benzene rings is 6. The first-order valence-corrected chi connectivity index (χ1v) is 15.4. The summed E-state index contributed by atoms with van der Waals surface area (Å²) in [5, 5.41) is 2.43. The third-order valence-electron chi connectivity index (χ3n) is 8.35. The van der Waals surface area contributed by atoms with Crippen LogP contribution in [0.25, 0.3) is 78.1 Å². The summed E-state index contributed by atoms with van der Waals surface area (Å²) >= 11 is 0. The minimum Gasteiger partial charge on any atom is -0.264 e. The predicted molar refractivity (Wildman–Crippen MR) is 190 cm³/mol. The average molecular weight is 588 g/mol. The zero-order chi connectivity index (χ0) is 30.7. The van der Waals surface area contributed by atoms with Crippen LogP contribution in [0.1, 0.15) is 0 Å². The first-order chi connectivity index (χ1) is 22.8. The molecule has 2 heterocycles. The molecule has 0 radical (unpaired) electrons. The Morgan fingerprint density at radius 1 is 0.304 bits per heavy atom. The molecule has 216 valence electrons. The second-order valence-corrected chi connectivity index (χ2v) is 11.4. The minimum atomic E-state index is 0.694. The van der Waals surface area contributed by atoms with Crippen molar-refractivity contribution >= 4 is 10.8 Å². The first-order valence-electron chi connectivity index (χ1n) is 15.4. The molecule has 0 spiro atoms. The molecule has 0 N–H and O–H groups in total. The minimum absolute atomic E-state index is 0.694. The lowest BCUT2D eigenvalue weighted by atomic mass is 9.94. The molecule has 0 bridgehead atoms. The zero-order valence-corrected chi connectivity index (χ0v) is 25.1. The average Bonchev–Trinajstić information content (AvgIpc) is 3.15. The molecule has 0 aliphatic rings. The quantitative estimate of drug-likeness (QED) is 0.194. The fraction of sp³-hybridized carbons (Fsp3) is 0. The van der Waals surface area contributed by atoms with Gasteiger partial charge in [0.1, 0.15) is 0 Å². The molecule has 8 rings (SSSR count). The lowest BCUT2D eigenvalue weighted by molar-refractivity contribution is 1.18. The van der Waals surface area contributed by atoms with Crippen molar-refractivity contribution in [3.05, 3.63) is 176 Å². The van der Waals surface area contributed by atoms with E-state index in [2.05, 4.69) is 138 Å². The molecule has 3 heteroatoms. The Bertz CT molecular complexity index is 2280. The maximum Gasteiger partial charge on any atom is 0.160 e. The Labute approximate surface area is 268 Å². The Kier molecular flexibility index (Phi) is 7.18. The second kappa shape index (κ2) is 12.1. The summed E-state index contributed by atoms with van der Waals surface area (Å²) in [5.74, 6) is 0.694. The number of rotatable bonds is 6. The number of aromatic nitrogens is 3. The third kappa shape index (κ3) is 5.58. The predicted octanol–water partition coefficient (Wildman–Crippen LogP) is 11.0. The summed E-state index contributed by atoms with van der Waals surface area (Å²) in [6.07, 6.45) is 3.72. The molecule has 2 aromatic heterocycles. The van der Waals surface area contributed by atoms with Gasteiger partial charge in [0.05, 0.1) is 11.4 Å². The van der Waals surface area contributed by atoms with Crippen molar-refractivity contribution in [2.75, 3.05) is 0 Å². The molecule has 0 amide bonds. The number of nitrogens with zero attached hydrogens (tertiary/aromatic N) is 3. The van der Waals surface area contributed by atoms with Crippen molar-refractivity contribution in [2.45, 2.75) is 0 Å². The molecule has 0 unspecified atom stereocenters. The van der Waals surface area contributed by atoms with E-state index in [0.29, 0.717) is 5.82 Å². The van der Waals surface area contributed by atoms with E-state index < -0.39 is 0 Å². The smallest absolute Gasteiger partial charge is 0.160 e. The van der Waals surface area contributed by atoms with Crippen LogP contribution in [0.5, 0.6) is 0 Å². The summed E-state index contributed by atoms with van der Waals surface area (Å²) in [6.45, 7) is 0. The molecular formula is C43H29N3. The number of fused-ring (bicyclic) bond motifs is 1. The summed E-state index contributed by atoms with van der Waals surface area (Å²) in [6, 6.07) is 57.3. The van der Waals surface area contributed by atoms with Crippen LogP contribution in [0.3, 0.4) is 0 Å². The molecule has 0 aliphatic carbocycles. The lowest BCUT2D eigenvalue weighted by Gasteiger charge is -2.13. The van der Waals surface area contributed by atoms with E-state index >= 15 is 0 Å². The van der Waals surface area contributed by atoms with Gasteiger partial charge in [-0.1, -0.05) is 127 Å². The van der Waals surface area contributed by atoms with Crippen LogP contribution in [0, 0.1) is 0 Å². The fourth-order valence-electron chi connectivity index (χ4n) is 5.93. The number of hydrogen-bond donors (Lipinski definition) is 0. The van der Waals surface area contributed by atoms with E-state index in [0.717, 1.165) is 50.3 Å². The standard InChI is InChI=1S/C43H29N3/c1-3-10-30(11-4-1)32-17-20-33(21-18-32)41-28-42(46-43(45-41)34-13-5-2-6-14-34)40-26-38(25-39(27-40)37-16-9-23-44-29-37)36-22-19-31-12-7-8-15-35(31)24-36/h1-29H. The highest BCUT2D eigenvalue weighted by Crippen LogP contribution is 2.35. The third-order valence-corrected chi connectivity index (χ3v) is 8.35. The van der Waals surface area contributed by atoms with Gasteiger partial charge in [-0.05, 0) is 75.0 Å². The molecule has 8 aromatic rings. The van der Waals surface area contributed by atoms with Crippen LogP contribution < -0.4 is 0 Å². The van der Waals surface area contributed by atoms with Gasteiger partial charge in [0.25, 0.3) is 0 Å². The Morgan fingerprint density at radius 3 is 1.57 bits per heavy atom. The van der Waals surface area contributed by atoms with E-state index in [4.69, 9.17) is 9.97 Å². The number of pyridine rings is 1. The first kappa shape index (κ1) is 27.4. The highest BCUT2D eigenvalue weighted by atomic mass is 14.9. The molecule has 0 aliphatic heterocycles. The molecule has 6 aromatic carbocycles. The van der Waals surface area contributed by atoms with Gasteiger partial charge in [-0.2, -0.15) is 0 Å². The maximum atomic E-state index is 5.16. The number of hydrogen-bond acceptors (Lipinski definition) is 3. The van der Waals surface area contributed by atoms with Crippen molar-refractivity contribution in [1.82, 2.24) is 15.0 Å². The Morgan fingerprint density at radius 2 is 0.848 bits per heavy atom. The summed E-state index contributed by atoms with van der Waals surface area (Å²) in [5.41, 5.74) is 11.6. The zero-order valence-electron chi connectivity index (χ0n) is 25.1. The summed E-state index contributed by atoms with van der Waals surface area (Å²) in [4.78, 5) is 14.7. The van der Waals surface area contributed by atoms with Gasteiger partial charge in [0, 0.05) is 34.6 Å². The van der Waals surface area contributed by atoms with Crippen molar-refractivity contribution in [3.63, 3.8) is 0 Å². The molecule has 0 saturated heterocycles. The van der Waals surface area contributed by atoms with Crippen molar-refractivity contribution in [2.24, 2.45) is 0 Å². The van der Waals surface area contributed by atoms with Gasteiger partial charge in [-0.3, -0.25) is 4.98 Å². The van der Waals surface area contributed by atoms with Crippen LogP contribution in [-0.4, -0.2) is 15.0 Å². The molecular weight excluding hydrogens is 558 g/mol. The monoisotopic (exact) mass is 587 g/mol. The van der Waals surface area contributed by atoms with Gasteiger partial charge >= 0.3 is 0 Å². The lowest BCUT2D eigenvalue weighted by Crippen LogP contribution is -1.96. The normalized spacial score (nSPS) is 11.0. The van der Waals surface area contributed by atoms with E-state index in [1.807, 2.05) is 42.7 Å². The second-order valence-electron chi connectivity index (χ2n) is 11.4. The Balaban J connectivity index is 1.30. The molecule has 3 nitrogen and oxygen atoms in total. The maximum absolute atomic E-state index is 5.16. The van der Waals surface area contributed by atoms with Crippen molar-refractivity contribution < 1.29 is 0 Å². The SMILES string of the molecule is c1ccc(-c2ccc(-c3cc(-c4cc(-c5cccnc5)cc(-c5ccc6ccccc6c5)c4)nc(-c4ccccc4)n3)cc2)cc1. The molecule has 0 atom stereocenters.